The highest BCUT2D eigenvalue weighted by atomic mass is 16.1. The van der Waals surface area contributed by atoms with Gasteiger partial charge in [-0.15, -0.1) is 0 Å². The highest BCUT2D eigenvalue weighted by molar-refractivity contribution is 5.66. The second-order valence-electron chi connectivity index (χ2n) is 6.84. The molecule has 0 bridgehead atoms. The largest absolute Gasteiger partial charge is 0.294 e. The molecule has 0 aliphatic carbocycles. The molecule has 0 aliphatic rings. The number of hydrogen-bond donors (Lipinski definition) is 1. The number of aryl methyl sites for hydroxylation is 2. The van der Waals surface area contributed by atoms with Crippen LogP contribution in [-0.4, -0.2) is 9.78 Å². The van der Waals surface area contributed by atoms with Crippen molar-refractivity contribution in [2.45, 2.75) is 34.1 Å². The first kappa shape index (κ1) is 16.3. The quantitative estimate of drug-likeness (QED) is 0.746. The van der Waals surface area contributed by atoms with E-state index in [1.807, 2.05) is 36.4 Å². The minimum Gasteiger partial charge on any atom is -0.294 e. The van der Waals surface area contributed by atoms with E-state index in [-0.39, 0.29) is 5.56 Å². The zero-order valence-electron chi connectivity index (χ0n) is 14.8. The average Bonchev–Trinajstić information content (AvgIpc) is 2.86. The Morgan fingerprint density at radius 3 is 2.33 bits per heavy atom. The third-order valence-corrected chi connectivity index (χ3v) is 4.39. The van der Waals surface area contributed by atoms with Crippen molar-refractivity contribution in [3.05, 3.63) is 75.7 Å². The summed E-state index contributed by atoms with van der Waals surface area (Å²) >= 11 is 0. The summed E-state index contributed by atoms with van der Waals surface area (Å²) < 4.78 is 1.67. The van der Waals surface area contributed by atoms with Gasteiger partial charge in [-0.3, -0.25) is 9.89 Å². The maximum Gasteiger partial charge on any atom is 0.279 e. The van der Waals surface area contributed by atoms with Crippen LogP contribution in [-0.2, 0) is 6.42 Å². The van der Waals surface area contributed by atoms with Gasteiger partial charge in [0, 0.05) is 5.69 Å². The lowest BCUT2D eigenvalue weighted by molar-refractivity contribution is 0.628. The molecule has 0 saturated heterocycles. The van der Waals surface area contributed by atoms with Crippen molar-refractivity contribution < 1.29 is 0 Å². The molecule has 2 aromatic carbocycles. The Bertz CT molecular complexity index is 901. The first-order chi connectivity index (χ1) is 11.5. The van der Waals surface area contributed by atoms with E-state index in [4.69, 9.17) is 0 Å². The predicted molar refractivity (Wildman–Crippen MR) is 99.8 cm³/mol. The molecule has 24 heavy (non-hydrogen) atoms. The topological polar surface area (TPSA) is 37.8 Å². The smallest absolute Gasteiger partial charge is 0.279 e. The maximum atomic E-state index is 13.1. The second-order valence-corrected chi connectivity index (χ2v) is 6.84. The van der Waals surface area contributed by atoms with Crippen LogP contribution >= 0.6 is 0 Å². The molecule has 3 rings (SSSR count). The summed E-state index contributed by atoms with van der Waals surface area (Å²) in [4.78, 5) is 13.1. The third-order valence-electron chi connectivity index (χ3n) is 4.39. The Balaban J connectivity index is 2.20. The van der Waals surface area contributed by atoms with Gasteiger partial charge in [0.25, 0.3) is 5.56 Å². The first-order valence-electron chi connectivity index (χ1n) is 8.44. The molecule has 1 aromatic heterocycles. The lowest BCUT2D eigenvalue weighted by Crippen LogP contribution is -2.15. The number of hydrogen-bond acceptors (Lipinski definition) is 1. The number of rotatable bonds is 4. The molecule has 3 aromatic rings. The maximum absolute atomic E-state index is 13.1. The van der Waals surface area contributed by atoms with Crippen LogP contribution in [0, 0.1) is 19.8 Å². The lowest BCUT2D eigenvalue weighted by atomic mass is 10.0. The number of nitrogens with one attached hydrogen (secondary N) is 1. The van der Waals surface area contributed by atoms with Gasteiger partial charge in [0.05, 0.1) is 11.3 Å². The molecule has 0 amide bonds. The van der Waals surface area contributed by atoms with Crippen molar-refractivity contribution in [2.75, 3.05) is 0 Å². The third kappa shape index (κ3) is 3.07. The highest BCUT2D eigenvalue weighted by Gasteiger charge is 2.17. The van der Waals surface area contributed by atoms with Gasteiger partial charge in [0.1, 0.15) is 0 Å². The summed E-state index contributed by atoms with van der Waals surface area (Å²) in [6.07, 6.45) is 0.845. The average molecular weight is 320 g/mol. The Morgan fingerprint density at radius 2 is 1.71 bits per heavy atom. The van der Waals surface area contributed by atoms with Crippen LogP contribution in [0.3, 0.4) is 0 Å². The van der Waals surface area contributed by atoms with E-state index < -0.39 is 0 Å². The van der Waals surface area contributed by atoms with E-state index in [1.54, 1.807) is 4.68 Å². The zero-order chi connectivity index (χ0) is 17.3. The number of nitrogens with zero attached hydrogens (tertiary/aromatic N) is 1. The Labute approximate surface area is 143 Å². The van der Waals surface area contributed by atoms with Crippen LogP contribution in [0.25, 0.3) is 16.8 Å². The monoisotopic (exact) mass is 320 g/mol. The molecule has 3 nitrogen and oxygen atoms in total. The molecular weight excluding hydrogens is 296 g/mol. The minimum atomic E-state index is 0.0140. The van der Waals surface area contributed by atoms with Crippen molar-refractivity contribution in [3.8, 4) is 16.8 Å². The summed E-state index contributed by atoms with van der Waals surface area (Å²) in [6.45, 7) is 8.48. The van der Waals surface area contributed by atoms with Gasteiger partial charge in [-0.1, -0.05) is 50.2 Å². The van der Waals surface area contributed by atoms with Crippen molar-refractivity contribution >= 4 is 0 Å². The van der Waals surface area contributed by atoms with Crippen LogP contribution in [0.4, 0.5) is 0 Å². The van der Waals surface area contributed by atoms with Gasteiger partial charge in [-0.25, -0.2) is 4.68 Å². The summed E-state index contributed by atoms with van der Waals surface area (Å²) in [5, 5.41) is 3.35. The van der Waals surface area contributed by atoms with Crippen molar-refractivity contribution in [1.29, 1.82) is 0 Å². The summed E-state index contributed by atoms with van der Waals surface area (Å²) in [7, 11) is 0. The normalized spacial score (nSPS) is 11.2. The van der Waals surface area contributed by atoms with Gasteiger partial charge in [0.2, 0.25) is 0 Å². The van der Waals surface area contributed by atoms with Crippen LogP contribution in [0.1, 0.15) is 30.7 Å². The SMILES string of the molecule is Cc1ccc(-n2[nH]c(CC(C)C)c(-c3ccccc3)c2=O)cc1C. The second kappa shape index (κ2) is 6.52. The Kier molecular flexibility index (Phi) is 4.43. The van der Waals surface area contributed by atoms with Gasteiger partial charge in [0.15, 0.2) is 0 Å². The van der Waals surface area contributed by atoms with Crippen LogP contribution in [0.5, 0.6) is 0 Å². The molecule has 0 atom stereocenters. The van der Waals surface area contributed by atoms with Gasteiger partial charge in [-0.2, -0.15) is 0 Å². The lowest BCUT2D eigenvalue weighted by Gasteiger charge is -2.06. The van der Waals surface area contributed by atoms with E-state index in [1.165, 1.54) is 11.1 Å². The number of benzene rings is 2. The fourth-order valence-electron chi connectivity index (χ4n) is 2.99. The first-order valence-corrected chi connectivity index (χ1v) is 8.44. The van der Waals surface area contributed by atoms with Gasteiger partial charge in [-0.05, 0) is 55.0 Å². The molecule has 0 saturated carbocycles. The van der Waals surface area contributed by atoms with Gasteiger partial charge >= 0.3 is 0 Å². The molecular formula is C21H24N2O. The summed E-state index contributed by atoms with van der Waals surface area (Å²) in [6, 6.07) is 16.0. The summed E-state index contributed by atoms with van der Waals surface area (Å²) in [5.74, 6) is 0.471. The fraction of sp³-hybridized carbons (Fsp3) is 0.286. The predicted octanol–water partition coefficient (Wildman–Crippen LogP) is 4.65. The number of aromatic nitrogens is 2. The highest BCUT2D eigenvalue weighted by Crippen LogP contribution is 2.23. The van der Waals surface area contributed by atoms with E-state index >= 15 is 0 Å². The van der Waals surface area contributed by atoms with Crippen LogP contribution < -0.4 is 5.56 Å². The Morgan fingerprint density at radius 1 is 1.00 bits per heavy atom. The van der Waals surface area contributed by atoms with Gasteiger partial charge < -0.3 is 0 Å². The summed E-state index contributed by atoms with van der Waals surface area (Å²) in [5.41, 5.74) is 6.05. The fourth-order valence-corrected chi connectivity index (χ4v) is 2.99. The van der Waals surface area contributed by atoms with E-state index in [0.717, 1.165) is 28.9 Å². The van der Waals surface area contributed by atoms with Crippen molar-refractivity contribution in [1.82, 2.24) is 9.78 Å². The number of H-pyrrole nitrogens is 1. The van der Waals surface area contributed by atoms with E-state index in [9.17, 15) is 4.79 Å². The molecule has 3 heteroatoms. The molecule has 0 fully saturated rings. The van der Waals surface area contributed by atoms with Crippen molar-refractivity contribution in [2.24, 2.45) is 5.92 Å². The van der Waals surface area contributed by atoms with E-state index in [0.29, 0.717) is 5.92 Å². The molecule has 124 valence electrons. The molecule has 0 unspecified atom stereocenters. The molecule has 0 radical (unpaired) electrons. The molecule has 1 N–H and O–H groups in total. The van der Waals surface area contributed by atoms with Crippen LogP contribution in [0.15, 0.2) is 53.3 Å². The minimum absolute atomic E-state index is 0.0140. The van der Waals surface area contributed by atoms with E-state index in [2.05, 4.69) is 44.9 Å². The molecule has 0 aliphatic heterocycles. The number of aromatic amines is 1. The zero-order valence-corrected chi connectivity index (χ0v) is 14.8. The molecule has 0 spiro atoms. The standard InChI is InChI=1S/C21H24N2O/c1-14(2)12-19-20(17-8-6-5-7-9-17)21(24)23(22-19)18-11-10-15(3)16(4)13-18/h5-11,13-14,22H,12H2,1-4H3. The molecule has 1 heterocycles. The Hall–Kier alpha value is -2.55. The van der Waals surface area contributed by atoms with Crippen LogP contribution in [0.2, 0.25) is 0 Å². The van der Waals surface area contributed by atoms with Crippen molar-refractivity contribution in [3.63, 3.8) is 0 Å².